The number of amides is 4. The summed E-state index contributed by atoms with van der Waals surface area (Å²) in [6.45, 7) is 7.27. The Balaban J connectivity index is 2.23. The van der Waals surface area contributed by atoms with Crippen LogP contribution in [-0.2, 0) is 15.1 Å². The highest BCUT2D eigenvalue weighted by molar-refractivity contribution is 6.09. The maximum Gasteiger partial charge on any atom is 0.325 e. The number of hydrogen-bond acceptors (Lipinski definition) is 4. The van der Waals surface area contributed by atoms with E-state index < -0.39 is 23.0 Å². The number of urea groups is 1. The third-order valence-electron chi connectivity index (χ3n) is 4.95. The lowest BCUT2D eigenvalue weighted by Crippen LogP contribution is -2.49. The molecule has 2 N–H and O–H groups in total. The molecule has 7 heteroatoms. The first-order valence-electron chi connectivity index (χ1n) is 8.78. The number of carbonyl (C=O) groups is 3. The number of hydrogen-bond donors (Lipinski definition) is 2. The van der Waals surface area contributed by atoms with Crippen LogP contribution in [0.2, 0.25) is 0 Å². The first-order chi connectivity index (χ1) is 12.2. The van der Waals surface area contributed by atoms with Gasteiger partial charge in [0, 0.05) is 5.54 Å². The second-order valence-corrected chi connectivity index (χ2v) is 7.09. The number of nitrogens with one attached hydrogen (secondary N) is 2. The van der Waals surface area contributed by atoms with Crippen molar-refractivity contribution in [2.24, 2.45) is 0 Å². The number of benzene rings is 1. The fraction of sp³-hybridized carbons (Fsp3) is 0.526. The molecule has 0 unspecified atom stereocenters. The topological polar surface area (TPSA) is 87.7 Å². The Labute approximate surface area is 154 Å². The van der Waals surface area contributed by atoms with Crippen LogP contribution in [0.3, 0.4) is 0 Å². The summed E-state index contributed by atoms with van der Waals surface area (Å²) in [5, 5.41) is 5.61. The zero-order valence-corrected chi connectivity index (χ0v) is 16.0. The smallest absolute Gasteiger partial charge is 0.325 e. The van der Waals surface area contributed by atoms with E-state index >= 15 is 0 Å². The normalized spacial score (nSPS) is 20.1. The molecule has 0 spiro atoms. The van der Waals surface area contributed by atoms with Gasteiger partial charge in [0.2, 0.25) is 5.91 Å². The highest BCUT2D eigenvalue weighted by Gasteiger charge is 2.51. The Hall–Kier alpha value is -2.57. The summed E-state index contributed by atoms with van der Waals surface area (Å²) < 4.78 is 5.14. The number of carbonyl (C=O) groups excluding carboxylic acids is 3. The van der Waals surface area contributed by atoms with Crippen LogP contribution in [0, 0.1) is 0 Å². The highest BCUT2D eigenvalue weighted by Crippen LogP contribution is 2.33. The molecule has 1 saturated heterocycles. The van der Waals surface area contributed by atoms with Gasteiger partial charge < -0.3 is 15.4 Å². The van der Waals surface area contributed by atoms with Gasteiger partial charge >= 0.3 is 6.03 Å². The summed E-state index contributed by atoms with van der Waals surface area (Å²) in [5.41, 5.74) is -0.895. The van der Waals surface area contributed by atoms with Crippen molar-refractivity contribution in [3.63, 3.8) is 0 Å². The molecule has 26 heavy (non-hydrogen) atoms. The van der Waals surface area contributed by atoms with E-state index in [-0.39, 0.29) is 12.5 Å². The molecule has 1 heterocycles. The summed E-state index contributed by atoms with van der Waals surface area (Å²) in [7, 11) is 1.56. The third-order valence-corrected chi connectivity index (χ3v) is 4.95. The van der Waals surface area contributed by atoms with E-state index in [1.54, 1.807) is 31.4 Å². The number of methoxy groups -OCH3 is 1. The van der Waals surface area contributed by atoms with Crippen LogP contribution >= 0.6 is 0 Å². The Morgan fingerprint density at radius 3 is 2.35 bits per heavy atom. The van der Waals surface area contributed by atoms with Crippen LogP contribution in [0.1, 0.15) is 46.1 Å². The van der Waals surface area contributed by atoms with Crippen molar-refractivity contribution in [2.45, 2.75) is 51.6 Å². The van der Waals surface area contributed by atoms with E-state index in [1.807, 2.05) is 27.7 Å². The van der Waals surface area contributed by atoms with Gasteiger partial charge in [0.05, 0.1) is 7.11 Å². The number of ether oxygens (including phenoxy) is 1. The maximum absolute atomic E-state index is 13.0. The number of imide groups is 1. The largest absolute Gasteiger partial charge is 0.497 e. The third kappa shape index (κ3) is 3.66. The minimum Gasteiger partial charge on any atom is -0.497 e. The van der Waals surface area contributed by atoms with Crippen LogP contribution in [0.15, 0.2) is 24.3 Å². The lowest BCUT2D eigenvalue weighted by Gasteiger charge is -2.27. The second-order valence-electron chi connectivity index (χ2n) is 7.09. The first kappa shape index (κ1) is 19.8. The summed E-state index contributed by atoms with van der Waals surface area (Å²) in [5.74, 6) is -0.114. The standard InChI is InChI=1S/C19H27N3O4/c1-6-18(3,4)20-15(23)12-22-16(24)19(7-2,21-17(22)25)13-8-10-14(26-5)11-9-13/h8-11H,6-7,12H2,1-5H3,(H,20,23)(H,21,25)/t19-/m0/s1. The molecule has 2 rings (SSSR count). The van der Waals surface area contributed by atoms with Crippen LogP contribution in [0.4, 0.5) is 4.79 Å². The van der Waals surface area contributed by atoms with Crippen LogP contribution in [0.5, 0.6) is 5.75 Å². The van der Waals surface area contributed by atoms with Gasteiger partial charge in [-0.15, -0.1) is 0 Å². The average molecular weight is 361 g/mol. The molecule has 0 aromatic heterocycles. The predicted molar refractivity (Wildman–Crippen MR) is 97.7 cm³/mol. The molecular weight excluding hydrogens is 334 g/mol. The van der Waals surface area contributed by atoms with Crippen molar-refractivity contribution in [2.75, 3.05) is 13.7 Å². The monoisotopic (exact) mass is 361 g/mol. The minimum absolute atomic E-state index is 0.300. The van der Waals surface area contributed by atoms with E-state index in [2.05, 4.69) is 10.6 Å². The molecule has 4 amide bonds. The Morgan fingerprint density at radius 2 is 1.85 bits per heavy atom. The van der Waals surface area contributed by atoms with Crippen molar-refractivity contribution in [3.8, 4) is 5.75 Å². The zero-order valence-electron chi connectivity index (χ0n) is 16.0. The van der Waals surface area contributed by atoms with Crippen molar-refractivity contribution < 1.29 is 19.1 Å². The van der Waals surface area contributed by atoms with Gasteiger partial charge in [0.1, 0.15) is 17.8 Å². The second kappa shape index (κ2) is 7.35. The molecule has 1 fully saturated rings. The van der Waals surface area contributed by atoms with Gasteiger partial charge in [-0.3, -0.25) is 14.5 Å². The molecule has 0 bridgehead atoms. The van der Waals surface area contributed by atoms with Gasteiger partial charge in [-0.2, -0.15) is 0 Å². The van der Waals surface area contributed by atoms with Crippen molar-refractivity contribution in [1.29, 1.82) is 0 Å². The Morgan fingerprint density at radius 1 is 1.23 bits per heavy atom. The zero-order chi connectivity index (χ0) is 19.5. The summed E-state index contributed by atoms with van der Waals surface area (Å²) in [6.07, 6.45) is 1.12. The van der Waals surface area contributed by atoms with Gasteiger partial charge in [-0.05, 0) is 44.4 Å². The molecule has 1 aromatic carbocycles. The summed E-state index contributed by atoms with van der Waals surface area (Å²) >= 11 is 0. The fourth-order valence-electron chi connectivity index (χ4n) is 2.93. The van der Waals surface area contributed by atoms with E-state index in [1.165, 1.54) is 0 Å². The van der Waals surface area contributed by atoms with Crippen LogP contribution in [-0.4, -0.2) is 41.9 Å². The lowest BCUT2D eigenvalue weighted by molar-refractivity contribution is -0.135. The van der Waals surface area contributed by atoms with E-state index in [4.69, 9.17) is 4.74 Å². The maximum atomic E-state index is 13.0. The molecule has 1 aromatic rings. The molecule has 1 aliphatic rings. The average Bonchev–Trinajstić information content (AvgIpc) is 2.86. The summed E-state index contributed by atoms with van der Waals surface area (Å²) in [6, 6.07) is 6.43. The molecule has 0 radical (unpaired) electrons. The molecule has 0 saturated carbocycles. The van der Waals surface area contributed by atoms with Crippen molar-refractivity contribution >= 4 is 17.8 Å². The summed E-state index contributed by atoms with van der Waals surface area (Å²) in [4.78, 5) is 38.7. The number of nitrogens with zero attached hydrogens (tertiary/aromatic N) is 1. The molecule has 0 aliphatic carbocycles. The Bertz CT molecular complexity index is 699. The van der Waals surface area contributed by atoms with Gasteiger partial charge in [0.25, 0.3) is 5.91 Å². The minimum atomic E-state index is -1.16. The van der Waals surface area contributed by atoms with E-state index in [0.29, 0.717) is 17.7 Å². The lowest BCUT2D eigenvalue weighted by atomic mass is 9.87. The first-order valence-corrected chi connectivity index (χ1v) is 8.78. The molecule has 142 valence electrons. The SMILES string of the molecule is CCC(C)(C)NC(=O)CN1C(=O)N[C@@](CC)(c2ccc(OC)cc2)C1=O. The van der Waals surface area contributed by atoms with E-state index in [0.717, 1.165) is 11.3 Å². The van der Waals surface area contributed by atoms with E-state index in [9.17, 15) is 14.4 Å². The quantitative estimate of drug-likeness (QED) is 0.729. The molecule has 7 nitrogen and oxygen atoms in total. The van der Waals surface area contributed by atoms with Gasteiger partial charge in [0.15, 0.2) is 0 Å². The number of rotatable bonds is 7. The van der Waals surface area contributed by atoms with Gasteiger partial charge in [-0.1, -0.05) is 26.0 Å². The molecule has 1 aliphatic heterocycles. The fourth-order valence-corrected chi connectivity index (χ4v) is 2.93. The van der Waals surface area contributed by atoms with Gasteiger partial charge in [-0.25, -0.2) is 4.79 Å². The van der Waals surface area contributed by atoms with Crippen LogP contribution < -0.4 is 15.4 Å². The predicted octanol–water partition coefficient (Wildman–Crippen LogP) is 2.16. The molecular formula is C19H27N3O4. The Kier molecular flexibility index (Phi) is 5.59. The van der Waals surface area contributed by atoms with Crippen molar-refractivity contribution in [3.05, 3.63) is 29.8 Å². The van der Waals surface area contributed by atoms with Crippen LogP contribution in [0.25, 0.3) is 0 Å². The van der Waals surface area contributed by atoms with Crippen molar-refractivity contribution in [1.82, 2.24) is 15.5 Å². The molecule has 1 atom stereocenters. The highest BCUT2D eigenvalue weighted by atomic mass is 16.5.